The summed E-state index contributed by atoms with van der Waals surface area (Å²) in [4.78, 5) is 0. The first-order valence-corrected chi connectivity index (χ1v) is 6.03. The van der Waals surface area contributed by atoms with Crippen LogP contribution < -0.4 is 5.73 Å². The highest BCUT2D eigenvalue weighted by Crippen LogP contribution is 2.19. The van der Waals surface area contributed by atoms with Crippen LogP contribution in [0.3, 0.4) is 0 Å². The summed E-state index contributed by atoms with van der Waals surface area (Å²) in [6.07, 6.45) is 0.945. The summed E-state index contributed by atoms with van der Waals surface area (Å²) < 4.78 is 0. The van der Waals surface area contributed by atoms with E-state index in [1.165, 1.54) is 11.1 Å². The Labute approximate surface area is 85.8 Å². The Kier molecular flexibility index (Phi) is 2.78. The van der Waals surface area contributed by atoms with Crippen molar-refractivity contribution in [3.63, 3.8) is 0 Å². The first-order valence-electron chi connectivity index (χ1n) is 4.15. The topological polar surface area (TPSA) is 26.0 Å². The molecule has 0 aliphatic carbocycles. The highest BCUT2D eigenvalue weighted by Gasteiger charge is 2.06. The van der Waals surface area contributed by atoms with Crippen molar-refractivity contribution in [3.8, 4) is 0 Å². The van der Waals surface area contributed by atoms with Gasteiger partial charge in [0.05, 0.1) is 0 Å². The molecule has 68 valence electrons. The minimum absolute atomic E-state index is 0.154. The monoisotopic (exact) mass is 209 g/mol. The Morgan fingerprint density at radius 2 is 1.92 bits per heavy atom. The van der Waals surface area contributed by atoms with Gasteiger partial charge in [0, 0.05) is 6.04 Å². The zero-order valence-electron chi connectivity index (χ0n) is 7.14. The molecule has 1 unspecified atom stereocenters. The fourth-order valence-electron chi connectivity index (χ4n) is 1.27. The van der Waals surface area contributed by atoms with E-state index in [0.717, 1.165) is 6.42 Å². The Hall–Kier alpha value is -0.640. The van der Waals surface area contributed by atoms with Gasteiger partial charge in [0.1, 0.15) is 0 Å². The van der Waals surface area contributed by atoms with Crippen LogP contribution in [0, 0.1) is 0 Å². The van der Waals surface area contributed by atoms with Crippen LogP contribution >= 0.6 is 22.7 Å². The van der Waals surface area contributed by atoms with Crippen LogP contribution in [0.4, 0.5) is 0 Å². The van der Waals surface area contributed by atoms with Gasteiger partial charge in [0.15, 0.2) is 0 Å². The van der Waals surface area contributed by atoms with Crippen LogP contribution in [0.1, 0.15) is 17.2 Å². The van der Waals surface area contributed by atoms with E-state index in [2.05, 4.69) is 33.7 Å². The SMILES string of the molecule is NC(Cc1ccsc1)c1ccsc1. The van der Waals surface area contributed by atoms with E-state index < -0.39 is 0 Å². The van der Waals surface area contributed by atoms with Crippen molar-refractivity contribution in [2.24, 2.45) is 5.73 Å². The third-order valence-corrected chi connectivity index (χ3v) is 3.44. The second kappa shape index (κ2) is 4.05. The van der Waals surface area contributed by atoms with Crippen LogP contribution in [0.15, 0.2) is 33.7 Å². The summed E-state index contributed by atoms with van der Waals surface area (Å²) in [5.74, 6) is 0. The van der Waals surface area contributed by atoms with Gasteiger partial charge in [-0.15, -0.1) is 0 Å². The molecule has 0 fully saturated rings. The van der Waals surface area contributed by atoms with Gasteiger partial charge in [-0.05, 0) is 51.2 Å². The molecule has 2 aromatic rings. The zero-order valence-corrected chi connectivity index (χ0v) is 8.78. The van der Waals surface area contributed by atoms with Gasteiger partial charge >= 0.3 is 0 Å². The van der Waals surface area contributed by atoms with Gasteiger partial charge in [-0.1, -0.05) is 0 Å². The maximum atomic E-state index is 6.04. The quantitative estimate of drug-likeness (QED) is 0.826. The van der Waals surface area contributed by atoms with Gasteiger partial charge < -0.3 is 5.73 Å². The van der Waals surface area contributed by atoms with E-state index in [1.54, 1.807) is 22.7 Å². The number of hydrogen-bond donors (Lipinski definition) is 1. The molecule has 3 heteroatoms. The molecule has 2 rings (SSSR count). The first kappa shape index (κ1) is 8.94. The molecule has 0 saturated carbocycles. The predicted molar refractivity (Wildman–Crippen MR) is 59.3 cm³/mol. The molecule has 0 aliphatic heterocycles. The lowest BCUT2D eigenvalue weighted by Gasteiger charge is -2.07. The van der Waals surface area contributed by atoms with Crippen molar-refractivity contribution in [1.82, 2.24) is 0 Å². The average molecular weight is 209 g/mol. The number of thiophene rings is 2. The molecule has 0 aromatic carbocycles. The molecule has 0 radical (unpaired) electrons. The molecule has 1 atom stereocenters. The van der Waals surface area contributed by atoms with Crippen LogP contribution in [0.5, 0.6) is 0 Å². The van der Waals surface area contributed by atoms with Crippen molar-refractivity contribution in [3.05, 3.63) is 44.8 Å². The summed E-state index contributed by atoms with van der Waals surface area (Å²) in [5, 5.41) is 8.45. The lowest BCUT2D eigenvalue weighted by molar-refractivity contribution is 0.727. The Morgan fingerprint density at radius 3 is 2.54 bits per heavy atom. The Balaban J connectivity index is 2.04. The fourth-order valence-corrected chi connectivity index (χ4v) is 2.67. The molecular formula is C10H11NS2. The summed E-state index contributed by atoms with van der Waals surface area (Å²) in [6.45, 7) is 0. The summed E-state index contributed by atoms with van der Waals surface area (Å²) >= 11 is 3.43. The number of nitrogens with two attached hydrogens (primary N) is 1. The lowest BCUT2D eigenvalue weighted by Crippen LogP contribution is -2.11. The standard InChI is InChI=1S/C10H11NS2/c11-10(9-2-4-13-7-9)5-8-1-3-12-6-8/h1-4,6-7,10H,5,11H2. The molecular weight excluding hydrogens is 198 g/mol. The van der Waals surface area contributed by atoms with Gasteiger partial charge in [-0.2, -0.15) is 22.7 Å². The molecule has 0 amide bonds. The normalized spacial score (nSPS) is 13.0. The molecule has 0 bridgehead atoms. The maximum absolute atomic E-state index is 6.04. The summed E-state index contributed by atoms with van der Waals surface area (Å²) in [5.41, 5.74) is 8.63. The van der Waals surface area contributed by atoms with Crippen molar-refractivity contribution >= 4 is 22.7 Å². The smallest absolute Gasteiger partial charge is 0.0344 e. The maximum Gasteiger partial charge on any atom is 0.0344 e. The van der Waals surface area contributed by atoms with Crippen LogP contribution in [-0.2, 0) is 6.42 Å². The van der Waals surface area contributed by atoms with Crippen molar-refractivity contribution < 1.29 is 0 Å². The minimum atomic E-state index is 0.154. The van der Waals surface area contributed by atoms with E-state index in [4.69, 9.17) is 5.73 Å². The van der Waals surface area contributed by atoms with Crippen molar-refractivity contribution in [2.75, 3.05) is 0 Å². The second-order valence-corrected chi connectivity index (χ2v) is 4.56. The van der Waals surface area contributed by atoms with E-state index in [1.807, 2.05) is 0 Å². The molecule has 0 spiro atoms. The van der Waals surface area contributed by atoms with E-state index in [0.29, 0.717) is 0 Å². The third kappa shape index (κ3) is 2.18. The fraction of sp³-hybridized carbons (Fsp3) is 0.200. The molecule has 1 nitrogen and oxygen atoms in total. The van der Waals surface area contributed by atoms with Crippen LogP contribution in [-0.4, -0.2) is 0 Å². The predicted octanol–water partition coefficient (Wildman–Crippen LogP) is 3.05. The molecule has 0 aliphatic rings. The molecule has 0 saturated heterocycles. The van der Waals surface area contributed by atoms with Crippen molar-refractivity contribution in [1.29, 1.82) is 0 Å². The van der Waals surface area contributed by atoms with E-state index in [-0.39, 0.29) is 6.04 Å². The largest absolute Gasteiger partial charge is 0.324 e. The second-order valence-electron chi connectivity index (χ2n) is 3.00. The van der Waals surface area contributed by atoms with Gasteiger partial charge in [-0.3, -0.25) is 0 Å². The lowest BCUT2D eigenvalue weighted by atomic mass is 10.1. The number of hydrogen-bond acceptors (Lipinski definition) is 3. The van der Waals surface area contributed by atoms with Gasteiger partial charge in [0.2, 0.25) is 0 Å². The summed E-state index contributed by atoms with van der Waals surface area (Å²) in [7, 11) is 0. The first-order chi connectivity index (χ1) is 6.36. The summed E-state index contributed by atoms with van der Waals surface area (Å²) in [6, 6.07) is 4.39. The average Bonchev–Trinajstić information content (AvgIpc) is 2.74. The van der Waals surface area contributed by atoms with Crippen LogP contribution in [0.25, 0.3) is 0 Å². The van der Waals surface area contributed by atoms with E-state index in [9.17, 15) is 0 Å². The zero-order chi connectivity index (χ0) is 9.10. The number of rotatable bonds is 3. The highest BCUT2D eigenvalue weighted by molar-refractivity contribution is 7.08. The minimum Gasteiger partial charge on any atom is -0.324 e. The van der Waals surface area contributed by atoms with Gasteiger partial charge in [0.25, 0.3) is 0 Å². The van der Waals surface area contributed by atoms with E-state index >= 15 is 0 Å². The highest BCUT2D eigenvalue weighted by atomic mass is 32.1. The van der Waals surface area contributed by atoms with Crippen LogP contribution in [0.2, 0.25) is 0 Å². The molecule has 2 aromatic heterocycles. The molecule has 2 heterocycles. The third-order valence-electron chi connectivity index (χ3n) is 2.01. The Bertz CT molecular complexity index is 337. The Morgan fingerprint density at radius 1 is 1.15 bits per heavy atom. The molecule has 2 N–H and O–H groups in total. The van der Waals surface area contributed by atoms with Crippen molar-refractivity contribution in [2.45, 2.75) is 12.5 Å². The van der Waals surface area contributed by atoms with Gasteiger partial charge in [-0.25, -0.2) is 0 Å². The molecule has 13 heavy (non-hydrogen) atoms.